The van der Waals surface area contributed by atoms with Crippen molar-refractivity contribution in [3.05, 3.63) is 17.5 Å². The molecule has 1 aromatic rings. The van der Waals surface area contributed by atoms with Crippen LogP contribution in [0, 0.1) is 5.92 Å². The van der Waals surface area contributed by atoms with Gasteiger partial charge in [-0.3, -0.25) is 4.68 Å². The van der Waals surface area contributed by atoms with Crippen LogP contribution in [0.2, 0.25) is 0 Å². The zero-order valence-electron chi connectivity index (χ0n) is 13.3. The van der Waals surface area contributed by atoms with Crippen molar-refractivity contribution < 1.29 is 8.42 Å². The molecule has 6 heteroatoms. The van der Waals surface area contributed by atoms with Gasteiger partial charge in [-0.2, -0.15) is 5.10 Å². The first-order chi connectivity index (χ1) is 9.93. The van der Waals surface area contributed by atoms with Gasteiger partial charge in [0, 0.05) is 25.2 Å². The lowest BCUT2D eigenvalue weighted by Crippen LogP contribution is -2.34. The van der Waals surface area contributed by atoms with E-state index < -0.39 is 9.84 Å². The van der Waals surface area contributed by atoms with Crippen LogP contribution in [-0.4, -0.2) is 42.3 Å². The van der Waals surface area contributed by atoms with E-state index in [-0.39, 0.29) is 0 Å². The fourth-order valence-electron chi connectivity index (χ4n) is 3.18. The van der Waals surface area contributed by atoms with Gasteiger partial charge in [0.2, 0.25) is 0 Å². The van der Waals surface area contributed by atoms with Crippen molar-refractivity contribution in [2.45, 2.75) is 45.6 Å². The van der Waals surface area contributed by atoms with Gasteiger partial charge in [-0.1, -0.05) is 13.8 Å². The molecule has 2 unspecified atom stereocenters. The second-order valence-electron chi connectivity index (χ2n) is 6.07. The Bertz CT molecular complexity index is 565. The predicted molar refractivity (Wildman–Crippen MR) is 85.1 cm³/mol. The molecule has 0 amide bonds. The number of hydrogen-bond acceptors (Lipinski definition) is 4. The Morgan fingerprint density at radius 3 is 2.76 bits per heavy atom. The Labute approximate surface area is 128 Å². The van der Waals surface area contributed by atoms with Gasteiger partial charge in [-0.25, -0.2) is 8.42 Å². The van der Waals surface area contributed by atoms with E-state index in [1.807, 2.05) is 11.7 Å². The number of hydrogen-bond donors (Lipinski definition) is 1. The Kier molecular flexibility index (Phi) is 5.43. The van der Waals surface area contributed by atoms with Crippen molar-refractivity contribution >= 4 is 9.84 Å². The van der Waals surface area contributed by atoms with Crippen molar-refractivity contribution in [1.82, 2.24) is 15.1 Å². The summed E-state index contributed by atoms with van der Waals surface area (Å²) in [5.74, 6) is 1.03. The van der Waals surface area contributed by atoms with Gasteiger partial charge in [0.25, 0.3) is 0 Å². The number of rotatable bonds is 7. The zero-order chi connectivity index (χ0) is 15.5. The topological polar surface area (TPSA) is 64.0 Å². The summed E-state index contributed by atoms with van der Waals surface area (Å²) in [5, 5.41) is 7.99. The minimum atomic E-state index is -2.78. The summed E-state index contributed by atoms with van der Waals surface area (Å²) in [6, 6.07) is 2.49. The normalized spacial score (nSPS) is 22.5. The first kappa shape index (κ1) is 16.5. The third kappa shape index (κ3) is 4.54. The highest BCUT2D eigenvalue weighted by Crippen LogP contribution is 2.24. The highest BCUT2D eigenvalue weighted by atomic mass is 32.2. The van der Waals surface area contributed by atoms with Gasteiger partial charge in [0.15, 0.2) is 9.84 Å². The zero-order valence-corrected chi connectivity index (χ0v) is 14.1. The van der Waals surface area contributed by atoms with Gasteiger partial charge in [0.1, 0.15) is 0 Å². The molecule has 0 bridgehead atoms. The highest BCUT2D eigenvalue weighted by Gasteiger charge is 2.29. The lowest BCUT2D eigenvalue weighted by molar-refractivity contribution is 0.403. The molecular formula is C15H27N3O2S. The molecule has 0 aromatic carbocycles. The summed E-state index contributed by atoms with van der Waals surface area (Å²) >= 11 is 0. The summed E-state index contributed by atoms with van der Waals surface area (Å²) in [5.41, 5.74) is 2.34. The van der Waals surface area contributed by atoms with Crippen LogP contribution >= 0.6 is 0 Å². The molecule has 1 fully saturated rings. The van der Waals surface area contributed by atoms with Gasteiger partial charge < -0.3 is 5.32 Å². The van der Waals surface area contributed by atoms with Crippen molar-refractivity contribution in [3.8, 4) is 0 Å². The predicted octanol–water partition coefficient (Wildman–Crippen LogP) is 1.33. The maximum atomic E-state index is 11.6. The number of nitrogens with zero attached hydrogens (tertiary/aromatic N) is 2. The molecule has 2 atom stereocenters. The molecule has 0 spiro atoms. The van der Waals surface area contributed by atoms with E-state index in [4.69, 9.17) is 0 Å². The second-order valence-corrected chi connectivity index (χ2v) is 8.30. The summed E-state index contributed by atoms with van der Waals surface area (Å²) in [6.45, 7) is 5.11. The lowest BCUT2D eigenvalue weighted by atomic mass is 9.96. The number of likely N-dealkylation sites (N-methyl/N-ethyl adjacent to an activating group) is 1. The molecule has 21 heavy (non-hydrogen) atoms. The second kappa shape index (κ2) is 6.92. The first-order valence-corrected chi connectivity index (χ1v) is 9.71. The lowest BCUT2D eigenvalue weighted by Gasteiger charge is -2.21. The van der Waals surface area contributed by atoms with E-state index in [0.717, 1.165) is 37.9 Å². The Morgan fingerprint density at radius 2 is 2.24 bits per heavy atom. The number of sulfone groups is 1. The quantitative estimate of drug-likeness (QED) is 0.825. The molecule has 0 aliphatic carbocycles. The average Bonchev–Trinajstić information content (AvgIpc) is 2.93. The summed E-state index contributed by atoms with van der Waals surface area (Å²) in [6.07, 6.45) is 3.60. The van der Waals surface area contributed by atoms with Crippen LogP contribution in [0.25, 0.3) is 0 Å². The van der Waals surface area contributed by atoms with Gasteiger partial charge in [-0.15, -0.1) is 0 Å². The third-order valence-electron chi connectivity index (χ3n) is 4.28. The monoisotopic (exact) mass is 313 g/mol. The van der Waals surface area contributed by atoms with Gasteiger partial charge in [0.05, 0.1) is 17.2 Å². The summed E-state index contributed by atoms with van der Waals surface area (Å²) in [7, 11) is -0.799. The van der Waals surface area contributed by atoms with Crippen molar-refractivity contribution in [1.29, 1.82) is 0 Å². The smallest absolute Gasteiger partial charge is 0.150 e. The highest BCUT2D eigenvalue weighted by molar-refractivity contribution is 7.91. The molecule has 2 rings (SSSR count). The molecule has 2 heterocycles. The molecule has 5 nitrogen and oxygen atoms in total. The fraction of sp³-hybridized carbons (Fsp3) is 0.800. The fourth-order valence-corrected chi connectivity index (χ4v) is 5.06. The van der Waals surface area contributed by atoms with Crippen LogP contribution in [0.3, 0.4) is 0 Å². The summed E-state index contributed by atoms with van der Waals surface area (Å²) < 4.78 is 25.2. The molecule has 1 N–H and O–H groups in total. The molecule has 1 saturated heterocycles. The van der Waals surface area contributed by atoms with Gasteiger partial charge in [-0.05, 0) is 37.8 Å². The average molecular weight is 313 g/mol. The molecule has 1 aliphatic heterocycles. The van der Waals surface area contributed by atoms with E-state index in [9.17, 15) is 8.42 Å². The largest absolute Gasteiger partial charge is 0.314 e. The van der Waals surface area contributed by atoms with Crippen LogP contribution in [0.15, 0.2) is 6.07 Å². The Hall–Kier alpha value is -0.880. The van der Waals surface area contributed by atoms with Crippen LogP contribution < -0.4 is 5.32 Å². The van der Waals surface area contributed by atoms with Crippen LogP contribution in [0.1, 0.15) is 38.1 Å². The van der Waals surface area contributed by atoms with Crippen molar-refractivity contribution in [2.24, 2.45) is 13.0 Å². The minimum absolute atomic E-state index is 0.304. The third-order valence-corrected chi connectivity index (χ3v) is 6.12. The summed E-state index contributed by atoms with van der Waals surface area (Å²) in [4.78, 5) is 0. The molecule has 120 valence electrons. The van der Waals surface area contributed by atoms with E-state index >= 15 is 0 Å². The van der Waals surface area contributed by atoms with Crippen LogP contribution in [-0.2, 0) is 29.7 Å². The standard InChI is InChI=1S/C15H27N3O2S/c1-4-13-9-15(18(3)17-13)10-14(16-5-2)8-12-6-7-21(19,20)11-12/h9,12,14,16H,4-8,10-11H2,1-3H3. The molecule has 0 radical (unpaired) electrons. The maximum Gasteiger partial charge on any atom is 0.150 e. The Morgan fingerprint density at radius 1 is 1.48 bits per heavy atom. The van der Waals surface area contributed by atoms with Crippen molar-refractivity contribution in [3.63, 3.8) is 0 Å². The Balaban J connectivity index is 2.00. The van der Waals surface area contributed by atoms with Crippen LogP contribution in [0.4, 0.5) is 0 Å². The maximum absolute atomic E-state index is 11.6. The van der Waals surface area contributed by atoms with Crippen LogP contribution in [0.5, 0.6) is 0 Å². The van der Waals surface area contributed by atoms with E-state index in [0.29, 0.717) is 23.5 Å². The number of nitrogens with one attached hydrogen (secondary N) is 1. The first-order valence-electron chi connectivity index (χ1n) is 7.89. The minimum Gasteiger partial charge on any atom is -0.314 e. The van der Waals surface area contributed by atoms with E-state index in [1.165, 1.54) is 5.69 Å². The molecular weight excluding hydrogens is 286 g/mol. The number of aromatic nitrogens is 2. The van der Waals surface area contributed by atoms with Crippen molar-refractivity contribution in [2.75, 3.05) is 18.1 Å². The SMILES string of the molecule is CCNC(Cc1cc(CC)nn1C)CC1CCS(=O)(=O)C1. The van der Waals surface area contributed by atoms with E-state index in [1.54, 1.807) is 0 Å². The molecule has 1 aliphatic rings. The molecule has 1 aromatic heterocycles. The van der Waals surface area contributed by atoms with Gasteiger partial charge >= 0.3 is 0 Å². The number of aryl methyl sites for hydroxylation is 2. The molecule has 0 saturated carbocycles. The van der Waals surface area contributed by atoms with E-state index in [2.05, 4.69) is 30.3 Å².